The smallest absolute Gasteiger partial charge is 0.258 e. The number of benzene rings is 2. The Balaban J connectivity index is 2.03. The molecule has 1 saturated carbocycles. The van der Waals surface area contributed by atoms with Gasteiger partial charge in [0, 0.05) is 17.3 Å². The molecule has 3 nitrogen and oxygen atoms in total. The van der Waals surface area contributed by atoms with Gasteiger partial charge in [-0.3, -0.25) is 4.79 Å². The summed E-state index contributed by atoms with van der Waals surface area (Å²) in [6.07, 6.45) is 4.41. The van der Waals surface area contributed by atoms with Crippen LogP contribution in [0.5, 0.6) is 0 Å². The Morgan fingerprint density at radius 1 is 0.923 bits per heavy atom. The quantitative estimate of drug-likeness (QED) is 0.686. The summed E-state index contributed by atoms with van der Waals surface area (Å²) in [4.78, 5) is 17.7. The number of anilines is 1. The van der Waals surface area contributed by atoms with Crippen molar-refractivity contribution in [3.63, 3.8) is 0 Å². The molecule has 0 saturated heterocycles. The second kappa shape index (κ2) is 8.43. The molecule has 2 atom stereocenters. The molecule has 3 rings (SSSR count). The van der Waals surface area contributed by atoms with E-state index in [1.165, 1.54) is 6.42 Å². The van der Waals surface area contributed by atoms with Gasteiger partial charge in [0.15, 0.2) is 0 Å². The van der Waals surface area contributed by atoms with E-state index in [0.29, 0.717) is 21.7 Å². The lowest BCUT2D eigenvalue weighted by atomic mass is 9.87. The number of hydrogen-bond donors (Lipinski definition) is 0. The maximum Gasteiger partial charge on any atom is 0.258 e. The van der Waals surface area contributed by atoms with Crippen molar-refractivity contribution >= 4 is 34.8 Å². The number of amides is 1. The highest BCUT2D eigenvalue weighted by molar-refractivity contribution is 6.42. The molecule has 0 aliphatic heterocycles. The number of carbonyl (C=O) groups excluding carboxylic acids is 1. The minimum absolute atomic E-state index is 0.0338. The Bertz CT molecular complexity index is 764. The first-order valence-corrected chi connectivity index (χ1v) is 9.74. The maximum absolute atomic E-state index is 13.5. The molecular weight excluding hydrogens is 367 g/mol. The summed E-state index contributed by atoms with van der Waals surface area (Å²) in [5.41, 5.74) is 1.48. The van der Waals surface area contributed by atoms with Gasteiger partial charge in [-0.2, -0.15) is 0 Å². The fourth-order valence-corrected chi connectivity index (χ4v) is 4.11. The summed E-state index contributed by atoms with van der Waals surface area (Å²) in [6, 6.07) is 15.5. The highest BCUT2D eigenvalue weighted by atomic mass is 35.5. The first kappa shape index (κ1) is 19.2. The summed E-state index contributed by atoms with van der Waals surface area (Å²) >= 11 is 12.2. The Kier molecular flexibility index (Phi) is 6.23. The summed E-state index contributed by atoms with van der Waals surface area (Å²) < 4.78 is 0. The highest BCUT2D eigenvalue weighted by Gasteiger charge is 2.35. The molecule has 0 spiro atoms. The van der Waals surface area contributed by atoms with Crippen molar-refractivity contribution in [1.82, 2.24) is 4.90 Å². The molecule has 1 amide bonds. The van der Waals surface area contributed by atoms with Gasteiger partial charge in [-0.05, 0) is 57.3 Å². The Hall–Kier alpha value is -1.55. The molecule has 5 heteroatoms. The third-order valence-electron chi connectivity index (χ3n) is 5.11. The number of para-hydroxylation sites is 1. The van der Waals surface area contributed by atoms with Crippen molar-refractivity contribution in [2.75, 3.05) is 19.0 Å². The van der Waals surface area contributed by atoms with E-state index < -0.39 is 0 Å². The molecule has 1 fully saturated rings. The average Bonchev–Trinajstić information content (AvgIpc) is 2.65. The molecule has 1 aliphatic rings. The zero-order valence-corrected chi connectivity index (χ0v) is 16.7. The molecule has 2 aromatic rings. The van der Waals surface area contributed by atoms with Crippen molar-refractivity contribution < 1.29 is 4.79 Å². The van der Waals surface area contributed by atoms with E-state index in [4.69, 9.17) is 23.2 Å². The number of carbonyl (C=O) groups is 1. The number of nitrogens with zero attached hydrogens (tertiary/aromatic N) is 2. The molecule has 138 valence electrons. The summed E-state index contributed by atoms with van der Waals surface area (Å²) in [7, 11) is 4.19. The lowest BCUT2D eigenvalue weighted by Crippen LogP contribution is -2.53. The molecule has 1 aliphatic carbocycles. The zero-order valence-electron chi connectivity index (χ0n) is 15.2. The van der Waals surface area contributed by atoms with Gasteiger partial charge in [-0.15, -0.1) is 0 Å². The average molecular weight is 391 g/mol. The molecule has 0 radical (unpaired) electrons. The van der Waals surface area contributed by atoms with Crippen LogP contribution in [0, 0.1) is 0 Å². The van der Waals surface area contributed by atoms with E-state index in [2.05, 4.69) is 19.0 Å². The van der Waals surface area contributed by atoms with Crippen LogP contribution in [-0.4, -0.2) is 37.0 Å². The van der Waals surface area contributed by atoms with E-state index in [1.807, 2.05) is 35.2 Å². The Labute approximate surface area is 165 Å². The van der Waals surface area contributed by atoms with Crippen molar-refractivity contribution in [3.8, 4) is 0 Å². The van der Waals surface area contributed by atoms with Gasteiger partial charge in [0.05, 0.1) is 16.1 Å². The third kappa shape index (κ3) is 4.06. The van der Waals surface area contributed by atoms with E-state index >= 15 is 0 Å². The zero-order chi connectivity index (χ0) is 18.7. The fourth-order valence-electron chi connectivity index (χ4n) is 3.81. The molecule has 0 N–H and O–H groups in total. The van der Waals surface area contributed by atoms with Crippen LogP contribution < -0.4 is 4.90 Å². The second-order valence-corrected chi connectivity index (χ2v) is 7.84. The number of halogens is 2. The van der Waals surface area contributed by atoms with E-state index in [0.717, 1.165) is 24.9 Å². The number of hydrogen-bond acceptors (Lipinski definition) is 2. The minimum atomic E-state index is -0.0338. The molecule has 26 heavy (non-hydrogen) atoms. The lowest BCUT2D eigenvalue weighted by Gasteiger charge is -2.43. The standard InChI is InChI=1S/C21H24Cl2N2O/c1-24(2)19-10-6-7-11-20(19)25(16-8-4-3-5-9-16)21(26)15-12-13-17(22)18(23)14-15/h3-5,8-9,12-14,19-20H,6-7,10-11H2,1-2H3. The van der Waals surface area contributed by atoms with Crippen LogP contribution in [0.2, 0.25) is 10.0 Å². The largest absolute Gasteiger partial charge is 0.304 e. The second-order valence-electron chi connectivity index (χ2n) is 7.02. The topological polar surface area (TPSA) is 23.6 Å². The number of likely N-dealkylation sites (N-methyl/N-ethyl adjacent to an activating group) is 1. The summed E-state index contributed by atoms with van der Waals surface area (Å²) in [6.45, 7) is 0. The predicted molar refractivity (Wildman–Crippen MR) is 109 cm³/mol. The first-order chi connectivity index (χ1) is 12.5. The van der Waals surface area contributed by atoms with Gasteiger partial charge < -0.3 is 9.80 Å². The van der Waals surface area contributed by atoms with Crippen molar-refractivity contribution in [1.29, 1.82) is 0 Å². The van der Waals surface area contributed by atoms with Gasteiger partial charge >= 0.3 is 0 Å². The van der Waals surface area contributed by atoms with Gasteiger partial charge in [-0.1, -0.05) is 54.2 Å². The molecular formula is C21H24Cl2N2O. The fraction of sp³-hybridized carbons (Fsp3) is 0.381. The van der Waals surface area contributed by atoms with E-state index in [-0.39, 0.29) is 11.9 Å². The molecule has 2 aromatic carbocycles. The normalized spacial score (nSPS) is 20.2. The summed E-state index contributed by atoms with van der Waals surface area (Å²) in [5, 5.41) is 0.858. The van der Waals surface area contributed by atoms with Crippen LogP contribution in [0.25, 0.3) is 0 Å². The van der Waals surface area contributed by atoms with Crippen molar-refractivity contribution in [2.45, 2.75) is 37.8 Å². The SMILES string of the molecule is CN(C)C1CCCCC1N(C(=O)c1ccc(Cl)c(Cl)c1)c1ccccc1. The molecule has 0 bridgehead atoms. The summed E-state index contributed by atoms with van der Waals surface area (Å²) in [5.74, 6) is -0.0338. The van der Waals surface area contributed by atoms with Crippen molar-refractivity contribution in [3.05, 3.63) is 64.1 Å². The molecule has 2 unspecified atom stereocenters. The third-order valence-corrected chi connectivity index (χ3v) is 5.85. The van der Waals surface area contributed by atoms with Crippen LogP contribution in [0.3, 0.4) is 0 Å². The predicted octanol–water partition coefficient (Wildman–Crippen LogP) is 5.51. The van der Waals surface area contributed by atoms with Crippen molar-refractivity contribution in [2.24, 2.45) is 0 Å². The highest BCUT2D eigenvalue weighted by Crippen LogP contribution is 2.32. The van der Waals surface area contributed by atoms with Crippen LogP contribution in [-0.2, 0) is 0 Å². The van der Waals surface area contributed by atoms with Gasteiger partial charge in [0.25, 0.3) is 5.91 Å². The van der Waals surface area contributed by atoms with Crippen LogP contribution in [0.4, 0.5) is 5.69 Å². The Morgan fingerprint density at radius 2 is 1.58 bits per heavy atom. The molecule has 0 aromatic heterocycles. The van der Waals surface area contributed by atoms with Gasteiger partial charge in [0.1, 0.15) is 0 Å². The Morgan fingerprint density at radius 3 is 2.19 bits per heavy atom. The first-order valence-electron chi connectivity index (χ1n) is 8.99. The molecule has 0 heterocycles. The lowest BCUT2D eigenvalue weighted by molar-refractivity contribution is 0.0942. The van der Waals surface area contributed by atoms with Crippen LogP contribution in [0.15, 0.2) is 48.5 Å². The monoisotopic (exact) mass is 390 g/mol. The van der Waals surface area contributed by atoms with E-state index in [9.17, 15) is 4.79 Å². The van der Waals surface area contributed by atoms with Crippen LogP contribution >= 0.6 is 23.2 Å². The minimum Gasteiger partial charge on any atom is -0.304 e. The number of rotatable bonds is 4. The van der Waals surface area contributed by atoms with Gasteiger partial charge in [-0.25, -0.2) is 0 Å². The van der Waals surface area contributed by atoms with Gasteiger partial charge in [0.2, 0.25) is 0 Å². The maximum atomic E-state index is 13.5. The van der Waals surface area contributed by atoms with E-state index in [1.54, 1.807) is 18.2 Å². The van der Waals surface area contributed by atoms with Crippen LogP contribution in [0.1, 0.15) is 36.0 Å².